The summed E-state index contributed by atoms with van der Waals surface area (Å²) in [5.41, 5.74) is 1.21. The van der Waals surface area contributed by atoms with Crippen LogP contribution in [0.1, 0.15) is 44.1 Å². The van der Waals surface area contributed by atoms with E-state index in [2.05, 4.69) is 5.32 Å². The van der Waals surface area contributed by atoms with Crippen LogP contribution in [0.25, 0.3) is 0 Å². The Morgan fingerprint density at radius 2 is 1.64 bits per heavy atom. The van der Waals surface area contributed by atoms with Crippen LogP contribution in [0, 0.1) is 17.8 Å². The maximum atomic E-state index is 11.8. The Morgan fingerprint density at radius 1 is 1.09 bits per heavy atom. The number of carboxylic acids is 1. The monoisotopic (exact) mass is 299 g/mol. The molecule has 5 rings (SSSR count). The van der Waals surface area contributed by atoms with Crippen molar-refractivity contribution in [3.05, 3.63) is 35.9 Å². The highest BCUT2D eigenvalue weighted by Gasteiger charge is 2.51. The zero-order valence-electron chi connectivity index (χ0n) is 13.0. The van der Waals surface area contributed by atoms with Crippen molar-refractivity contribution < 1.29 is 9.90 Å². The summed E-state index contributed by atoms with van der Waals surface area (Å²) >= 11 is 0. The van der Waals surface area contributed by atoms with Crippen molar-refractivity contribution in [2.24, 2.45) is 17.8 Å². The number of carbonyl (C=O) groups is 1. The van der Waals surface area contributed by atoms with Gasteiger partial charge >= 0.3 is 5.97 Å². The van der Waals surface area contributed by atoms with Crippen LogP contribution in [-0.4, -0.2) is 22.7 Å². The van der Waals surface area contributed by atoms with E-state index in [0.29, 0.717) is 6.42 Å². The predicted octanol–water partition coefficient (Wildman–Crippen LogP) is 3.24. The lowest BCUT2D eigenvalue weighted by molar-refractivity contribution is -0.141. The van der Waals surface area contributed by atoms with E-state index < -0.39 is 12.0 Å². The quantitative estimate of drug-likeness (QED) is 0.877. The largest absolute Gasteiger partial charge is 0.480 e. The summed E-state index contributed by atoms with van der Waals surface area (Å²) in [7, 11) is 0. The number of rotatable bonds is 5. The fraction of sp³-hybridized carbons (Fsp3) is 0.632. The van der Waals surface area contributed by atoms with Crippen molar-refractivity contribution >= 4 is 5.97 Å². The molecule has 0 saturated heterocycles. The molecule has 0 aliphatic heterocycles. The minimum Gasteiger partial charge on any atom is -0.480 e. The number of benzene rings is 1. The second-order valence-electron chi connectivity index (χ2n) is 7.92. The highest BCUT2D eigenvalue weighted by molar-refractivity contribution is 5.74. The van der Waals surface area contributed by atoms with E-state index in [-0.39, 0.29) is 5.54 Å². The highest BCUT2D eigenvalue weighted by Crippen LogP contribution is 2.55. The number of carboxylic acid groups (broad SMARTS) is 1. The molecule has 1 atom stereocenters. The first kappa shape index (κ1) is 14.3. The number of hydrogen-bond donors (Lipinski definition) is 2. The third-order valence-electron chi connectivity index (χ3n) is 6.10. The fourth-order valence-electron chi connectivity index (χ4n) is 5.71. The zero-order chi connectivity index (χ0) is 15.2. The van der Waals surface area contributed by atoms with Gasteiger partial charge in [-0.1, -0.05) is 30.3 Å². The van der Waals surface area contributed by atoms with Gasteiger partial charge in [-0.25, -0.2) is 0 Å². The van der Waals surface area contributed by atoms with Crippen LogP contribution in [0.5, 0.6) is 0 Å². The molecule has 1 aromatic rings. The molecule has 0 spiro atoms. The first-order valence-electron chi connectivity index (χ1n) is 8.66. The number of hydrogen-bond acceptors (Lipinski definition) is 2. The molecule has 22 heavy (non-hydrogen) atoms. The Balaban J connectivity index is 1.51. The molecule has 3 nitrogen and oxygen atoms in total. The molecule has 1 aromatic carbocycles. The predicted molar refractivity (Wildman–Crippen MR) is 85.6 cm³/mol. The molecule has 2 N–H and O–H groups in total. The Morgan fingerprint density at radius 3 is 2.14 bits per heavy atom. The van der Waals surface area contributed by atoms with E-state index in [4.69, 9.17) is 0 Å². The van der Waals surface area contributed by atoms with Gasteiger partial charge in [0.2, 0.25) is 0 Å². The first-order chi connectivity index (χ1) is 10.6. The molecular formula is C19H25NO2. The van der Waals surface area contributed by atoms with E-state index in [1.165, 1.54) is 38.5 Å². The summed E-state index contributed by atoms with van der Waals surface area (Å²) in [6.45, 7) is 0. The topological polar surface area (TPSA) is 49.3 Å². The zero-order valence-corrected chi connectivity index (χ0v) is 13.0. The minimum absolute atomic E-state index is 0.104. The van der Waals surface area contributed by atoms with Crippen molar-refractivity contribution in [3.63, 3.8) is 0 Å². The van der Waals surface area contributed by atoms with Crippen LogP contribution >= 0.6 is 0 Å². The molecule has 4 bridgehead atoms. The standard InChI is InChI=1S/C19H25NO2/c21-18(22)17(9-13-4-2-1-3-5-13)20-19-10-14-6-15(11-19)8-16(7-14)12-19/h1-5,14-17,20H,6-12H2,(H,21,22)/t14?,15?,16?,17-,19?/m0/s1. The summed E-state index contributed by atoms with van der Waals surface area (Å²) in [5, 5.41) is 13.3. The van der Waals surface area contributed by atoms with Crippen LogP contribution in [0.4, 0.5) is 0 Å². The van der Waals surface area contributed by atoms with E-state index in [1.807, 2.05) is 30.3 Å². The second-order valence-corrected chi connectivity index (χ2v) is 7.92. The van der Waals surface area contributed by atoms with Crippen molar-refractivity contribution in [1.29, 1.82) is 0 Å². The van der Waals surface area contributed by atoms with E-state index in [0.717, 1.165) is 23.3 Å². The highest BCUT2D eigenvalue weighted by atomic mass is 16.4. The lowest BCUT2D eigenvalue weighted by Crippen LogP contribution is -2.62. The van der Waals surface area contributed by atoms with Crippen LogP contribution in [0.3, 0.4) is 0 Å². The van der Waals surface area contributed by atoms with Crippen molar-refractivity contribution in [3.8, 4) is 0 Å². The van der Waals surface area contributed by atoms with Gasteiger partial charge in [0.05, 0.1) is 0 Å². The average Bonchev–Trinajstić information content (AvgIpc) is 2.46. The van der Waals surface area contributed by atoms with E-state index in [1.54, 1.807) is 0 Å². The van der Waals surface area contributed by atoms with Gasteiger partial charge < -0.3 is 5.11 Å². The maximum Gasteiger partial charge on any atom is 0.321 e. The van der Waals surface area contributed by atoms with E-state index in [9.17, 15) is 9.90 Å². The maximum absolute atomic E-state index is 11.8. The Kier molecular flexibility index (Phi) is 3.48. The molecule has 0 aromatic heterocycles. The molecule has 0 unspecified atom stereocenters. The Bertz CT molecular complexity index is 519. The van der Waals surface area contributed by atoms with Crippen LogP contribution in [0.15, 0.2) is 30.3 Å². The van der Waals surface area contributed by atoms with Gasteiger partial charge in [0.15, 0.2) is 0 Å². The molecule has 4 saturated carbocycles. The minimum atomic E-state index is -0.709. The summed E-state index contributed by atoms with van der Waals surface area (Å²) in [4.78, 5) is 11.8. The van der Waals surface area contributed by atoms with Gasteiger partial charge in [0.1, 0.15) is 6.04 Å². The third-order valence-corrected chi connectivity index (χ3v) is 6.10. The SMILES string of the molecule is O=C(O)[C@H](Cc1ccccc1)NC12CC3CC(CC(C3)C1)C2. The van der Waals surface area contributed by atoms with Gasteiger partial charge in [0, 0.05) is 5.54 Å². The normalized spacial score (nSPS) is 37.2. The van der Waals surface area contributed by atoms with Gasteiger partial charge in [-0.15, -0.1) is 0 Å². The van der Waals surface area contributed by atoms with Crippen LogP contribution < -0.4 is 5.32 Å². The molecular weight excluding hydrogens is 274 g/mol. The smallest absolute Gasteiger partial charge is 0.321 e. The van der Waals surface area contributed by atoms with Crippen molar-refractivity contribution in [2.75, 3.05) is 0 Å². The van der Waals surface area contributed by atoms with Gasteiger partial charge in [0.25, 0.3) is 0 Å². The van der Waals surface area contributed by atoms with E-state index >= 15 is 0 Å². The van der Waals surface area contributed by atoms with Crippen molar-refractivity contribution in [1.82, 2.24) is 5.32 Å². The van der Waals surface area contributed by atoms with Gasteiger partial charge in [-0.05, 0) is 68.3 Å². The fourth-order valence-corrected chi connectivity index (χ4v) is 5.71. The first-order valence-corrected chi connectivity index (χ1v) is 8.66. The molecule has 0 radical (unpaired) electrons. The van der Waals surface area contributed by atoms with Crippen molar-refractivity contribution in [2.45, 2.75) is 56.5 Å². The average molecular weight is 299 g/mol. The Hall–Kier alpha value is -1.35. The molecule has 118 valence electrons. The molecule has 0 heterocycles. The molecule has 0 amide bonds. The second kappa shape index (κ2) is 5.38. The molecule has 4 fully saturated rings. The summed E-state index contributed by atoms with van der Waals surface area (Å²) in [6.07, 6.45) is 8.32. The Labute approximate surface area is 132 Å². The third kappa shape index (κ3) is 2.67. The van der Waals surface area contributed by atoms with Gasteiger partial charge in [-0.2, -0.15) is 0 Å². The number of aliphatic carboxylic acids is 1. The molecule has 4 aliphatic rings. The summed E-state index contributed by atoms with van der Waals surface area (Å²) < 4.78 is 0. The summed E-state index contributed by atoms with van der Waals surface area (Å²) in [5.74, 6) is 1.80. The van der Waals surface area contributed by atoms with Gasteiger partial charge in [-0.3, -0.25) is 10.1 Å². The lowest BCUT2D eigenvalue weighted by atomic mass is 9.53. The van der Waals surface area contributed by atoms with Crippen LogP contribution in [-0.2, 0) is 11.2 Å². The molecule has 3 heteroatoms. The summed E-state index contributed by atoms with van der Waals surface area (Å²) in [6, 6.07) is 9.54. The number of nitrogens with one attached hydrogen (secondary N) is 1. The lowest BCUT2D eigenvalue weighted by Gasteiger charge is -2.57. The molecule has 4 aliphatic carbocycles. The van der Waals surface area contributed by atoms with Crippen LogP contribution in [0.2, 0.25) is 0 Å².